The van der Waals surface area contributed by atoms with Crippen molar-refractivity contribution in [1.82, 2.24) is 14.8 Å². The zero-order valence-corrected chi connectivity index (χ0v) is 20.4. The third-order valence-electron chi connectivity index (χ3n) is 5.29. The summed E-state index contributed by atoms with van der Waals surface area (Å²) in [7, 11) is 1.54. The average Bonchev–Trinajstić information content (AvgIpc) is 3.25. The summed E-state index contributed by atoms with van der Waals surface area (Å²) in [6, 6.07) is 11.7. The highest BCUT2D eigenvalue weighted by atomic mass is 35.5. The zero-order valence-electron chi connectivity index (χ0n) is 18.8. The second kappa shape index (κ2) is 10.5. The molecule has 0 unspecified atom stereocenters. The molecule has 0 aliphatic carbocycles. The fourth-order valence-corrected chi connectivity index (χ4v) is 4.39. The molecule has 4 rings (SSSR count). The smallest absolute Gasteiger partial charge is 0.234 e. The summed E-state index contributed by atoms with van der Waals surface area (Å²) in [5.41, 5.74) is 3.55. The number of benzene rings is 2. The highest BCUT2D eigenvalue weighted by Crippen LogP contribution is 2.32. The fourth-order valence-electron chi connectivity index (χ4n) is 3.49. The molecular formula is C23H26ClN5O3S. The standard InChI is InChI=1S/C23H26ClN5O3S/c1-15-4-6-17(7-5-15)29-22(28-8-10-32-11-9-28)26-27-23(29)33-14-21(30)25-19-12-16(2)18(24)13-20(19)31-3/h4-7,12-13H,8-11,14H2,1-3H3,(H,25,30). The van der Waals surface area contributed by atoms with Crippen molar-refractivity contribution in [2.45, 2.75) is 19.0 Å². The van der Waals surface area contributed by atoms with Gasteiger partial charge in [-0.2, -0.15) is 0 Å². The third-order valence-corrected chi connectivity index (χ3v) is 6.63. The van der Waals surface area contributed by atoms with Gasteiger partial charge in [0.2, 0.25) is 11.9 Å². The Bertz CT molecular complexity index is 1130. The topological polar surface area (TPSA) is 81.5 Å². The molecule has 1 amide bonds. The van der Waals surface area contributed by atoms with Gasteiger partial charge in [0.1, 0.15) is 5.75 Å². The van der Waals surface area contributed by atoms with E-state index in [0.717, 1.165) is 30.3 Å². The highest BCUT2D eigenvalue weighted by molar-refractivity contribution is 7.99. The lowest BCUT2D eigenvalue weighted by Crippen LogP contribution is -2.37. The lowest BCUT2D eigenvalue weighted by molar-refractivity contribution is -0.113. The van der Waals surface area contributed by atoms with Crippen molar-refractivity contribution >= 4 is 40.9 Å². The highest BCUT2D eigenvalue weighted by Gasteiger charge is 2.22. The first-order chi connectivity index (χ1) is 16.0. The predicted octanol–water partition coefficient (Wildman–Crippen LogP) is 4.11. The Labute approximate surface area is 202 Å². The normalized spacial score (nSPS) is 13.8. The molecule has 0 radical (unpaired) electrons. The van der Waals surface area contributed by atoms with Gasteiger partial charge in [-0.05, 0) is 37.6 Å². The Morgan fingerprint density at radius 3 is 2.61 bits per heavy atom. The minimum Gasteiger partial charge on any atom is -0.495 e. The van der Waals surface area contributed by atoms with Gasteiger partial charge in [-0.3, -0.25) is 9.36 Å². The van der Waals surface area contributed by atoms with Crippen molar-refractivity contribution in [3.05, 3.63) is 52.5 Å². The molecule has 1 saturated heterocycles. The molecule has 0 atom stereocenters. The van der Waals surface area contributed by atoms with E-state index in [9.17, 15) is 4.79 Å². The number of thioether (sulfide) groups is 1. The SMILES string of the molecule is COc1cc(Cl)c(C)cc1NC(=O)CSc1nnc(N2CCOCC2)n1-c1ccc(C)cc1. The number of amides is 1. The maximum absolute atomic E-state index is 12.7. The molecule has 1 aliphatic heterocycles. The molecule has 3 aromatic rings. The maximum atomic E-state index is 12.7. The molecule has 0 spiro atoms. The third kappa shape index (κ3) is 5.43. The number of carbonyl (C=O) groups excluding carboxylic acids is 1. The second-order valence-electron chi connectivity index (χ2n) is 7.69. The Hall–Kier alpha value is -2.75. The number of methoxy groups -OCH3 is 1. The van der Waals surface area contributed by atoms with E-state index < -0.39 is 0 Å². The summed E-state index contributed by atoms with van der Waals surface area (Å²) in [6.45, 7) is 6.70. The number of nitrogens with one attached hydrogen (secondary N) is 1. The first-order valence-electron chi connectivity index (χ1n) is 10.6. The molecule has 33 heavy (non-hydrogen) atoms. The average molecular weight is 488 g/mol. The predicted molar refractivity (Wildman–Crippen MR) is 131 cm³/mol. The number of aryl methyl sites for hydroxylation is 2. The Morgan fingerprint density at radius 2 is 1.91 bits per heavy atom. The van der Waals surface area contributed by atoms with Gasteiger partial charge in [0.15, 0.2) is 5.16 Å². The van der Waals surface area contributed by atoms with Gasteiger partial charge in [-0.25, -0.2) is 0 Å². The van der Waals surface area contributed by atoms with Crippen LogP contribution in [0.3, 0.4) is 0 Å². The van der Waals surface area contributed by atoms with Gasteiger partial charge in [0.05, 0.1) is 37.5 Å². The van der Waals surface area contributed by atoms with Gasteiger partial charge < -0.3 is 19.7 Å². The van der Waals surface area contributed by atoms with Gasteiger partial charge in [0.25, 0.3) is 0 Å². The van der Waals surface area contributed by atoms with Crippen LogP contribution in [0.5, 0.6) is 5.75 Å². The lowest BCUT2D eigenvalue weighted by Gasteiger charge is -2.28. The molecule has 10 heteroatoms. The molecule has 1 fully saturated rings. The van der Waals surface area contributed by atoms with Crippen LogP contribution in [0.2, 0.25) is 5.02 Å². The van der Waals surface area contributed by atoms with Crippen LogP contribution in [0, 0.1) is 13.8 Å². The van der Waals surface area contributed by atoms with Crippen LogP contribution in [-0.4, -0.2) is 59.8 Å². The van der Waals surface area contributed by atoms with Gasteiger partial charge in [-0.1, -0.05) is 41.1 Å². The van der Waals surface area contributed by atoms with Crippen LogP contribution in [-0.2, 0) is 9.53 Å². The van der Waals surface area contributed by atoms with E-state index in [4.69, 9.17) is 21.1 Å². The number of halogens is 1. The minimum absolute atomic E-state index is 0.165. The number of aromatic nitrogens is 3. The molecule has 1 aromatic heterocycles. The molecule has 8 nitrogen and oxygen atoms in total. The number of hydrogen-bond donors (Lipinski definition) is 1. The van der Waals surface area contributed by atoms with E-state index >= 15 is 0 Å². The van der Waals surface area contributed by atoms with E-state index in [1.807, 2.05) is 30.5 Å². The quantitative estimate of drug-likeness (QED) is 0.502. The summed E-state index contributed by atoms with van der Waals surface area (Å²) in [4.78, 5) is 14.9. The number of carbonyl (C=O) groups is 1. The Morgan fingerprint density at radius 1 is 1.18 bits per heavy atom. The summed E-state index contributed by atoms with van der Waals surface area (Å²) in [5, 5.41) is 13.0. The van der Waals surface area contributed by atoms with E-state index in [1.54, 1.807) is 19.2 Å². The van der Waals surface area contributed by atoms with Crippen LogP contribution < -0.4 is 15.0 Å². The Balaban J connectivity index is 1.54. The van der Waals surface area contributed by atoms with Crippen LogP contribution in [0.25, 0.3) is 5.69 Å². The molecule has 2 heterocycles. The number of hydrogen-bond acceptors (Lipinski definition) is 7. The first kappa shape index (κ1) is 23.4. The van der Waals surface area contributed by atoms with Crippen LogP contribution >= 0.6 is 23.4 Å². The molecule has 1 aliphatic rings. The lowest BCUT2D eigenvalue weighted by atomic mass is 10.2. The summed E-state index contributed by atoms with van der Waals surface area (Å²) >= 11 is 7.50. The van der Waals surface area contributed by atoms with Crippen LogP contribution in [0.1, 0.15) is 11.1 Å². The molecular weight excluding hydrogens is 462 g/mol. The summed E-state index contributed by atoms with van der Waals surface area (Å²) in [5.74, 6) is 1.26. The number of rotatable bonds is 7. The largest absolute Gasteiger partial charge is 0.495 e. The Kier molecular flexibility index (Phi) is 7.42. The van der Waals surface area contributed by atoms with Crippen molar-refractivity contribution in [2.75, 3.05) is 49.4 Å². The van der Waals surface area contributed by atoms with Gasteiger partial charge >= 0.3 is 0 Å². The van der Waals surface area contributed by atoms with E-state index in [1.165, 1.54) is 17.3 Å². The molecule has 174 valence electrons. The molecule has 0 saturated carbocycles. The van der Waals surface area contributed by atoms with Crippen molar-refractivity contribution < 1.29 is 14.3 Å². The summed E-state index contributed by atoms with van der Waals surface area (Å²) < 4.78 is 12.8. The monoisotopic (exact) mass is 487 g/mol. The summed E-state index contributed by atoms with van der Waals surface area (Å²) in [6.07, 6.45) is 0. The van der Waals surface area contributed by atoms with E-state index in [-0.39, 0.29) is 11.7 Å². The maximum Gasteiger partial charge on any atom is 0.234 e. The number of anilines is 2. The van der Waals surface area contributed by atoms with Crippen LogP contribution in [0.15, 0.2) is 41.6 Å². The van der Waals surface area contributed by atoms with E-state index in [0.29, 0.717) is 34.8 Å². The first-order valence-corrected chi connectivity index (χ1v) is 11.9. The molecule has 0 bridgehead atoms. The number of nitrogens with zero attached hydrogens (tertiary/aromatic N) is 4. The minimum atomic E-state index is -0.175. The number of morpholine rings is 1. The van der Waals surface area contributed by atoms with Crippen molar-refractivity contribution in [3.8, 4) is 11.4 Å². The van der Waals surface area contributed by atoms with Crippen molar-refractivity contribution in [3.63, 3.8) is 0 Å². The molecule has 1 N–H and O–H groups in total. The van der Waals surface area contributed by atoms with Crippen molar-refractivity contribution in [1.29, 1.82) is 0 Å². The molecule has 2 aromatic carbocycles. The van der Waals surface area contributed by atoms with Gasteiger partial charge in [0, 0.05) is 24.2 Å². The second-order valence-corrected chi connectivity index (χ2v) is 9.04. The van der Waals surface area contributed by atoms with Crippen molar-refractivity contribution in [2.24, 2.45) is 0 Å². The zero-order chi connectivity index (χ0) is 23.4. The number of ether oxygens (including phenoxy) is 2. The van der Waals surface area contributed by atoms with E-state index in [2.05, 4.69) is 32.5 Å². The fraction of sp³-hybridized carbons (Fsp3) is 0.348. The van der Waals surface area contributed by atoms with Crippen LogP contribution in [0.4, 0.5) is 11.6 Å². The van der Waals surface area contributed by atoms with Gasteiger partial charge in [-0.15, -0.1) is 10.2 Å².